The zero-order valence-electron chi connectivity index (χ0n) is 14.5. The Kier molecular flexibility index (Phi) is 6.08. The molecule has 1 fully saturated rings. The van der Waals surface area contributed by atoms with Gasteiger partial charge in [-0.25, -0.2) is 13.1 Å². The van der Waals surface area contributed by atoms with Gasteiger partial charge in [-0.05, 0) is 49.4 Å². The molecule has 140 valence electrons. The predicted molar refractivity (Wildman–Crippen MR) is 101 cm³/mol. The molecule has 1 amide bonds. The molecule has 2 heterocycles. The van der Waals surface area contributed by atoms with Gasteiger partial charge in [0.25, 0.3) is 5.91 Å². The van der Waals surface area contributed by atoms with Crippen LogP contribution >= 0.6 is 11.3 Å². The molecule has 8 heteroatoms. The number of sulfonamides is 1. The fourth-order valence-corrected chi connectivity index (χ4v) is 4.63. The summed E-state index contributed by atoms with van der Waals surface area (Å²) in [7, 11) is -3.68. The van der Waals surface area contributed by atoms with Crippen LogP contribution in [0.25, 0.3) is 0 Å². The first kappa shape index (κ1) is 19.0. The molecule has 6 nitrogen and oxygen atoms in total. The van der Waals surface area contributed by atoms with Crippen molar-refractivity contribution in [1.29, 1.82) is 0 Å². The first-order chi connectivity index (χ1) is 12.5. The van der Waals surface area contributed by atoms with Crippen LogP contribution in [0.5, 0.6) is 0 Å². The van der Waals surface area contributed by atoms with Crippen LogP contribution in [0.2, 0.25) is 0 Å². The van der Waals surface area contributed by atoms with E-state index in [1.807, 2.05) is 24.4 Å². The van der Waals surface area contributed by atoms with Gasteiger partial charge < -0.3 is 10.1 Å². The lowest BCUT2D eigenvalue weighted by molar-refractivity contribution is 0.0940. The van der Waals surface area contributed by atoms with Crippen LogP contribution in [-0.2, 0) is 14.8 Å². The maximum absolute atomic E-state index is 12.5. The Morgan fingerprint density at radius 1 is 1.35 bits per heavy atom. The molecule has 2 aromatic rings. The molecule has 26 heavy (non-hydrogen) atoms. The lowest BCUT2D eigenvalue weighted by atomic mass is 10.2. The summed E-state index contributed by atoms with van der Waals surface area (Å²) in [5.41, 5.74) is 0.313. The number of carbonyl (C=O) groups is 1. The Labute approximate surface area is 157 Å². The van der Waals surface area contributed by atoms with Crippen molar-refractivity contribution in [3.05, 3.63) is 52.2 Å². The minimum atomic E-state index is -3.68. The largest absolute Gasteiger partial charge is 0.377 e. The number of hydrogen-bond acceptors (Lipinski definition) is 5. The molecule has 2 N–H and O–H groups in total. The summed E-state index contributed by atoms with van der Waals surface area (Å²) in [6.07, 6.45) is 1.72. The number of thiophene rings is 1. The van der Waals surface area contributed by atoms with E-state index in [0.717, 1.165) is 17.7 Å². The molecule has 1 aromatic heterocycles. The van der Waals surface area contributed by atoms with Gasteiger partial charge in [0.05, 0.1) is 17.0 Å². The number of ether oxygens (including phenoxy) is 1. The highest BCUT2D eigenvalue weighted by molar-refractivity contribution is 7.89. The van der Waals surface area contributed by atoms with Crippen LogP contribution in [0, 0.1) is 0 Å². The average Bonchev–Trinajstić information content (AvgIpc) is 3.34. The zero-order chi connectivity index (χ0) is 18.6. The van der Waals surface area contributed by atoms with Gasteiger partial charge >= 0.3 is 0 Å². The topological polar surface area (TPSA) is 84.5 Å². The molecule has 0 aliphatic carbocycles. The van der Waals surface area contributed by atoms with Crippen LogP contribution < -0.4 is 10.0 Å². The number of carbonyl (C=O) groups excluding carboxylic acids is 1. The molecule has 3 rings (SSSR count). The fraction of sp³-hybridized carbons (Fsp3) is 0.389. The van der Waals surface area contributed by atoms with Gasteiger partial charge in [0, 0.05) is 23.6 Å². The third kappa shape index (κ3) is 4.70. The molecule has 0 bridgehead atoms. The van der Waals surface area contributed by atoms with Crippen molar-refractivity contribution in [2.75, 3.05) is 13.2 Å². The molecule has 1 aromatic carbocycles. The maximum atomic E-state index is 12.5. The van der Waals surface area contributed by atoms with E-state index < -0.39 is 10.0 Å². The van der Waals surface area contributed by atoms with Gasteiger partial charge in [-0.3, -0.25) is 4.79 Å². The Balaban J connectivity index is 1.67. The summed E-state index contributed by atoms with van der Waals surface area (Å²) in [6, 6.07) is 9.80. The van der Waals surface area contributed by atoms with E-state index >= 15 is 0 Å². The first-order valence-electron chi connectivity index (χ1n) is 8.51. The van der Waals surface area contributed by atoms with E-state index in [4.69, 9.17) is 4.74 Å². The Bertz CT molecular complexity index is 844. The Morgan fingerprint density at radius 3 is 2.88 bits per heavy atom. The molecule has 0 spiro atoms. The van der Waals surface area contributed by atoms with Crippen molar-refractivity contribution in [2.45, 2.75) is 36.8 Å². The second kappa shape index (κ2) is 8.30. The summed E-state index contributed by atoms with van der Waals surface area (Å²) >= 11 is 1.56. The van der Waals surface area contributed by atoms with Crippen molar-refractivity contribution in [1.82, 2.24) is 10.0 Å². The van der Waals surface area contributed by atoms with Gasteiger partial charge in [0.15, 0.2) is 0 Å². The molecular formula is C18H22N2O4S2. The van der Waals surface area contributed by atoms with Crippen LogP contribution in [0.15, 0.2) is 46.7 Å². The molecule has 2 atom stereocenters. The highest BCUT2D eigenvalue weighted by Gasteiger charge is 2.21. The van der Waals surface area contributed by atoms with Crippen molar-refractivity contribution >= 4 is 27.3 Å². The minimum absolute atomic E-state index is 0.0759. The van der Waals surface area contributed by atoms with E-state index in [-0.39, 0.29) is 29.5 Å². The van der Waals surface area contributed by atoms with E-state index in [1.165, 1.54) is 12.1 Å². The quantitative estimate of drug-likeness (QED) is 0.756. The molecular weight excluding hydrogens is 372 g/mol. The number of nitrogens with one attached hydrogen (secondary N) is 2. The summed E-state index contributed by atoms with van der Waals surface area (Å²) < 4.78 is 33.0. The number of rotatable bonds is 7. The third-order valence-electron chi connectivity index (χ3n) is 4.25. The Hall–Kier alpha value is -1.74. The van der Waals surface area contributed by atoms with Gasteiger partial charge in [0.2, 0.25) is 10.0 Å². The van der Waals surface area contributed by atoms with Gasteiger partial charge in [-0.2, -0.15) is 0 Å². The van der Waals surface area contributed by atoms with E-state index in [0.29, 0.717) is 12.2 Å². The number of hydrogen-bond donors (Lipinski definition) is 2. The van der Waals surface area contributed by atoms with Crippen molar-refractivity contribution in [3.8, 4) is 0 Å². The van der Waals surface area contributed by atoms with Crippen LogP contribution in [0.3, 0.4) is 0 Å². The zero-order valence-corrected chi connectivity index (χ0v) is 16.1. The molecule has 1 saturated heterocycles. The third-order valence-corrected chi connectivity index (χ3v) is 6.73. The second-order valence-electron chi connectivity index (χ2n) is 6.23. The molecule has 0 saturated carbocycles. The van der Waals surface area contributed by atoms with E-state index in [9.17, 15) is 13.2 Å². The standard InChI is InChI=1S/C18H22N2O4S2/c1-13(17-8-4-10-25-17)20-18(21)14-5-2-7-16(11-14)26(22,23)19-12-15-6-3-9-24-15/h2,4-5,7-8,10-11,13,15,19H,3,6,9,12H2,1H3,(H,20,21). The highest BCUT2D eigenvalue weighted by Crippen LogP contribution is 2.19. The summed E-state index contributed by atoms with van der Waals surface area (Å²) in [6.45, 7) is 2.81. The van der Waals surface area contributed by atoms with Crippen molar-refractivity contribution in [3.63, 3.8) is 0 Å². The van der Waals surface area contributed by atoms with Gasteiger partial charge in [-0.15, -0.1) is 11.3 Å². The van der Waals surface area contributed by atoms with Crippen LogP contribution in [0.4, 0.5) is 0 Å². The number of benzene rings is 1. The van der Waals surface area contributed by atoms with Crippen LogP contribution in [-0.4, -0.2) is 33.6 Å². The van der Waals surface area contributed by atoms with Gasteiger partial charge in [-0.1, -0.05) is 12.1 Å². The van der Waals surface area contributed by atoms with Crippen LogP contribution in [0.1, 0.15) is 41.0 Å². The SMILES string of the molecule is CC(NC(=O)c1cccc(S(=O)(=O)NCC2CCCO2)c1)c1cccs1. The summed E-state index contributed by atoms with van der Waals surface area (Å²) in [4.78, 5) is 13.6. The smallest absolute Gasteiger partial charge is 0.251 e. The number of amides is 1. The average molecular weight is 395 g/mol. The highest BCUT2D eigenvalue weighted by atomic mass is 32.2. The molecule has 1 aliphatic heterocycles. The monoisotopic (exact) mass is 394 g/mol. The maximum Gasteiger partial charge on any atom is 0.251 e. The Morgan fingerprint density at radius 2 is 2.19 bits per heavy atom. The lowest BCUT2D eigenvalue weighted by Crippen LogP contribution is -2.32. The minimum Gasteiger partial charge on any atom is -0.377 e. The summed E-state index contributed by atoms with van der Waals surface area (Å²) in [5, 5.41) is 4.84. The lowest BCUT2D eigenvalue weighted by Gasteiger charge is -2.14. The predicted octanol–water partition coefficient (Wildman–Crippen LogP) is 2.70. The normalized spacial score (nSPS) is 18.6. The van der Waals surface area contributed by atoms with Crippen molar-refractivity contribution < 1.29 is 17.9 Å². The molecule has 2 unspecified atom stereocenters. The molecule has 0 radical (unpaired) electrons. The second-order valence-corrected chi connectivity index (χ2v) is 8.97. The fourth-order valence-electron chi connectivity index (χ4n) is 2.78. The molecule has 1 aliphatic rings. The van der Waals surface area contributed by atoms with Crippen molar-refractivity contribution in [2.24, 2.45) is 0 Å². The van der Waals surface area contributed by atoms with Gasteiger partial charge in [0.1, 0.15) is 0 Å². The van der Waals surface area contributed by atoms with E-state index in [1.54, 1.807) is 23.5 Å². The summed E-state index contributed by atoms with van der Waals surface area (Å²) in [5.74, 6) is -0.304. The first-order valence-corrected chi connectivity index (χ1v) is 10.9. The van der Waals surface area contributed by atoms with E-state index in [2.05, 4.69) is 10.0 Å².